The molecule has 7 nitrogen and oxygen atoms in total. The van der Waals surface area contributed by atoms with E-state index in [1.54, 1.807) is 60.5 Å². The number of nitrogens with one attached hydrogen (secondary N) is 2. The Balaban J connectivity index is 1.62. The van der Waals surface area contributed by atoms with E-state index in [9.17, 15) is 14.4 Å². The largest absolute Gasteiger partial charge is 0.497 e. The second-order valence-electron chi connectivity index (χ2n) is 6.35. The van der Waals surface area contributed by atoms with Gasteiger partial charge in [0.05, 0.1) is 13.0 Å². The molecule has 27 heavy (non-hydrogen) atoms. The summed E-state index contributed by atoms with van der Waals surface area (Å²) in [6.45, 7) is 1.77. The molecule has 7 heteroatoms. The van der Waals surface area contributed by atoms with Crippen LogP contribution in [0.2, 0.25) is 0 Å². The third-order valence-electron chi connectivity index (χ3n) is 4.35. The Morgan fingerprint density at radius 2 is 1.59 bits per heavy atom. The van der Waals surface area contributed by atoms with Crippen molar-refractivity contribution in [3.8, 4) is 5.75 Å². The van der Waals surface area contributed by atoms with Gasteiger partial charge in [-0.05, 0) is 48.5 Å². The van der Waals surface area contributed by atoms with Gasteiger partial charge in [-0.1, -0.05) is 0 Å². The van der Waals surface area contributed by atoms with Crippen LogP contribution < -0.4 is 20.3 Å². The minimum absolute atomic E-state index is 0.0821. The summed E-state index contributed by atoms with van der Waals surface area (Å²) in [5, 5.41) is 5.49. The van der Waals surface area contributed by atoms with E-state index in [4.69, 9.17) is 4.74 Å². The predicted molar refractivity (Wildman–Crippen MR) is 103 cm³/mol. The van der Waals surface area contributed by atoms with E-state index in [1.165, 1.54) is 6.92 Å². The fourth-order valence-electron chi connectivity index (χ4n) is 2.98. The lowest BCUT2D eigenvalue weighted by atomic mass is 10.1. The van der Waals surface area contributed by atoms with Gasteiger partial charge in [-0.2, -0.15) is 0 Å². The highest BCUT2D eigenvalue weighted by molar-refractivity contribution is 6.03. The molecule has 1 aliphatic rings. The summed E-state index contributed by atoms with van der Waals surface area (Å²) in [6.07, 6.45) is 0.168. The minimum atomic E-state index is -0.422. The smallest absolute Gasteiger partial charge is 0.229 e. The van der Waals surface area contributed by atoms with Crippen molar-refractivity contribution in [2.75, 3.05) is 29.2 Å². The molecule has 0 bridgehead atoms. The maximum Gasteiger partial charge on any atom is 0.229 e. The molecule has 1 saturated heterocycles. The number of methoxy groups -OCH3 is 1. The number of hydrogen-bond acceptors (Lipinski definition) is 4. The van der Waals surface area contributed by atoms with Gasteiger partial charge < -0.3 is 20.3 Å². The van der Waals surface area contributed by atoms with Crippen molar-refractivity contribution in [3.05, 3.63) is 48.5 Å². The highest BCUT2D eigenvalue weighted by Gasteiger charge is 2.35. The van der Waals surface area contributed by atoms with Crippen LogP contribution in [0.25, 0.3) is 0 Å². The van der Waals surface area contributed by atoms with Gasteiger partial charge in [-0.25, -0.2) is 0 Å². The number of hydrogen-bond donors (Lipinski definition) is 2. The first-order valence-corrected chi connectivity index (χ1v) is 8.59. The molecule has 3 rings (SSSR count). The summed E-state index contributed by atoms with van der Waals surface area (Å²) in [4.78, 5) is 37.5. The van der Waals surface area contributed by atoms with E-state index < -0.39 is 5.92 Å². The summed E-state index contributed by atoms with van der Waals surface area (Å²) in [5.41, 5.74) is 2.02. The molecule has 1 heterocycles. The average Bonchev–Trinajstić information content (AvgIpc) is 3.05. The van der Waals surface area contributed by atoms with Crippen LogP contribution in [0.4, 0.5) is 17.1 Å². The third kappa shape index (κ3) is 4.44. The van der Waals surface area contributed by atoms with Gasteiger partial charge in [-0.15, -0.1) is 0 Å². The average molecular weight is 367 g/mol. The first-order chi connectivity index (χ1) is 13.0. The van der Waals surface area contributed by atoms with Crippen molar-refractivity contribution in [2.45, 2.75) is 13.3 Å². The highest BCUT2D eigenvalue weighted by Crippen LogP contribution is 2.27. The lowest BCUT2D eigenvalue weighted by Gasteiger charge is -2.17. The molecule has 1 fully saturated rings. The lowest BCUT2D eigenvalue weighted by molar-refractivity contribution is -0.122. The molecule has 0 aromatic heterocycles. The quantitative estimate of drug-likeness (QED) is 0.850. The maximum atomic E-state index is 12.5. The van der Waals surface area contributed by atoms with Crippen LogP contribution >= 0.6 is 0 Å². The van der Waals surface area contributed by atoms with Crippen molar-refractivity contribution < 1.29 is 19.1 Å². The van der Waals surface area contributed by atoms with Gasteiger partial charge in [0, 0.05) is 37.0 Å². The van der Waals surface area contributed by atoms with Gasteiger partial charge >= 0.3 is 0 Å². The maximum absolute atomic E-state index is 12.5. The minimum Gasteiger partial charge on any atom is -0.497 e. The van der Waals surface area contributed by atoms with Crippen LogP contribution in [-0.2, 0) is 14.4 Å². The number of anilines is 3. The number of carbonyl (C=O) groups excluding carboxylic acids is 3. The fourth-order valence-corrected chi connectivity index (χ4v) is 2.98. The SMILES string of the molecule is COc1ccc(N2C[C@@H](C(=O)Nc3ccc(NC(C)=O)cc3)CC2=O)cc1. The molecule has 1 atom stereocenters. The summed E-state index contributed by atoms with van der Waals surface area (Å²) in [5.74, 6) is -0.153. The van der Waals surface area contributed by atoms with Crippen molar-refractivity contribution >= 4 is 34.8 Å². The zero-order valence-corrected chi connectivity index (χ0v) is 15.2. The van der Waals surface area contributed by atoms with Crippen molar-refractivity contribution in [2.24, 2.45) is 5.92 Å². The second-order valence-corrected chi connectivity index (χ2v) is 6.35. The van der Waals surface area contributed by atoms with Gasteiger partial charge in [-0.3, -0.25) is 14.4 Å². The standard InChI is InChI=1S/C20H21N3O4/c1-13(24)21-15-3-5-16(6-4-15)22-20(26)14-11-19(25)23(12-14)17-7-9-18(27-2)10-8-17/h3-10,14H,11-12H2,1-2H3,(H,21,24)(H,22,26)/t14-/m0/s1. The molecule has 2 aromatic carbocycles. The predicted octanol–water partition coefficient (Wildman–Crippen LogP) is 2.65. The van der Waals surface area contributed by atoms with Gasteiger partial charge in [0.2, 0.25) is 17.7 Å². The Morgan fingerprint density at radius 1 is 1.00 bits per heavy atom. The van der Waals surface area contributed by atoms with Crippen LogP contribution in [0.15, 0.2) is 48.5 Å². The molecule has 0 unspecified atom stereocenters. The molecule has 3 amide bonds. The molecule has 0 spiro atoms. The molecular formula is C20H21N3O4. The highest BCUT2D eigenvalue weighted by atomic mass is 16.5. The molecule has 0 radical (unpaired) electrons. The van der Waals surface area contributed by atoms with Crippen LogP contribution in [0.1, 0.15) is 13.3 Å². The van der Waals surface area contributed by atoms with E-state index >= 15 is 0 Å². The molecule has 0 saturated carbocycles. The zero-order valence-electron chi connectivity index (χ0n) is 15.2. The number of benzene rings is 2. The normalized spacial score (nSPS) is 16.1. The Morgan fingerprint density at radius 3 is 2.15 bits per heavy atom. The van der Waals surface area contributed by atoms with E-state index in [1.807, 2.05) is 0 Å². The Hall–Kier alpha value is -3.35. The fraction of sp³-hybridized carbons (Fsp3) is 0.250. The molecular weight excluding hydrogens is 346 g/mol. The molecule has 2 N–H and O–H groups in total. The summed E-state index contributed by atoms with van der Waals surface area (Å²) < 4.78 is 5.12. The third-order valence-corrected chi connectivity index (χ3v) is 4.35. The Kier molecular flexibility index (Phi) is 5.40. The monoisotopic (exact) mass is 367 g/mol. The van der Waals surface area contributed by atoms with Gasteiger partial charge in [0.15, 0.2) is 0 Å². The number of ether oxygens (including phenoxy) is 1. The summed E-state index contributed by atoms with van der Waals surface area (Å²) in [7, 11) is 1.58. The molecule has 1 aliphatic heterocycles. The zero-order chi connectivity index (χ0) is 19.4. The van der Waals surface area contributed by atoms with Crippen LogP contribution in [0.5, 0.6) is 5.75 Å². The number of amides is 3. The summed E-state index contributed by atoms with van der Waals surface area (Å²) >= 11 is 0. The van der Waals surface area contributed by atoms with Crippen LogP contribution in [-0.4, -0.2) is 31.4 Å². The summed E-state index contributed by atoms with van der Waals surface area (Å²) in [6, 6.07) is 14.0. The van der Waals surface area contributed by atoms with Crippen molar-refractivity contribution in [3.63, 3.8) is 0 Å². The van der Waals surface area contributed by atoms with E-state index in [0.717, 1.165) is 5.69 Å². The van der Waals surface area contributed by atoms with Crippen LogP contribution in [0.3, 0.4) is 0 Å². The first kappa shape index (κ1) is 18.4. The topological polar surface area (TPSA) is 87.7 Å². The van der Waals surface area contributed by atoms with E-state index in [0.29, 0.717) is 23.7 Å². The first-order valence-electron chi connectivity index (χ1n) is 8.59. The van der Waals surface area contributed by atoms with Crippen LogP contribution in [0, 0.1) is 5.92 Å². The van der Waals surface area contributed by atoms with Gasteiger partial charge in [0.1, 0.15) is 5.75 Å². The molecule has 2 aromatic rings. The van der Waals surface area contributed by atoms with Crippen molar-refractivity contribution in [1.82, 2.24) is 0 Å². The molecule has 140 valence electrons. The van der Waals surface area contributed by atoms with Gasteiger partial charge in [0.25, 0.3) is 0 Å². The Bertz CT molecular complexity index is 847. The number of nitrogens with zero attached hydrogens (tertiary/aromatic N) is 1. The number of carbonyl (C=O) groups is 3. The second kappa shape index (κ2) is 7.90. The van der Waals surface area contributed by atoms with E-state index in [2.05, 4.69) is 10.6 Å². The van der Waals surface area contributed by atoms with E-state index in [-0.39, 0.29) is 24.1 Å². The van der Waals surface area contributed by atoms with Crippen molar-refractivity contribution in [1.29, 1.82) is 0 Å². The molecule has 0 aliphatic carbocycles. The Labute approximate surface area is 157 Å². The number of rotatable bonds is 5. The lowest BCUT2D eigenvalue weighted by Crippen LogP contribution is -2.28.